The average Bonchev–Trinajstić information content (AvgIpc) is 2.38. The zero-order valence-corrected chi connectivity index (χ0v) is 11.9. The first-order chi connectivity index (χ1) is 8.84. The number of rotatable bonds is 5. The Bertz CT molecular complexity index is 593. The van der Waals surface area contributed by atoms with Crippen LogP contribution >= 0.6 is 0 Å². The lowest BCUT2D eigenvalue weighted by molar-refractivity contribution is 0.391. The first-order valence-corrected chi connectivity index (χ1v) is 7.07. The van der Waals surface area contributed by atoms with Gasteiger partial charge in [0.2, 0.25) is 10.0 Å². The van der Waals surface area contributed by atoms with Crippen LogP contribution in [0.3, 0.4) is 0 Å². The number of anilines is 1. The van der Waals surface area contributed by atoms with Crippen LogP contribution in [0.1, 0.15) is 13.3 Å². The maximum atomic E-state index is 12.3. The van der Waals surface area contributed by atoms with E-state index in [0.717, 1.165) is 0 Å². The first kappa shape index (κ1) is 15.3. The molecule has 0 saturated heterocycles. The molecular weight excluding hydrogens is 266 g/mol. The third kappa shape index (κ3) is 3.16. The highest BCUT2D eigenvalue weighted by Crippen LogP contribution is 2.27. The third-order valence-corrected chi connectivity index (χ3v) is 4.86. The molecule has 0 aliphatic rings. The van der Waals surface area contributed by atoms with E-state index in [0.29, 0.717) is 11.4 Å². The normalized spacial score (nSPS) is 13.0. The van der Waals surface area contributed by atoms with Crippen molar-refractivity contribution in [3.8, 4) is 11.8 Å². The molecule has 0 fully saturated rings. The number of methoxy groups -OCH3 is 1. The van der Waals surface area contributed by atoms with E-state index < -0.39 is 16.1 Å². The van der Waals surface area contributed by atoms with Gasteiger partial charge < -0.3 is 10.5 Å². The fraction of sp³-hybridized carbons (Fsp3) is 0.417. The summed E-state index contributed by atoms with van der Waals surface area (Å²) >= 11 is 0. The number of nitrogens with zero attached hydrogens (tertiary/aromatic N) is 2. The number of nitrogens with two attached hydrogens (primary N) is 1. The molecule has 1 aromatic carbocycles. The van der Waals surface area contributed by atoms with Gasteiger partial charge >= 0.3 is 0 Å². The Morgan fingerprint density at radius 3 is 2.68 bits per heavy atom. The molecule has 0 aliphatic carbocycles. The van der Waals surface area contributed by atoms with Gasteiger partial charge in [-0.3, -0.25) is 0 Å². The standard InChI is InChI=1S/C12H17N3O3S/c1-9(6-7-13)15(2)19(16,17)10-4-5-11(14)12(8-10)18-3/h4-5,8-9H,6,14H2,1-3H3. The summed E-state index contributed by atoms with van der Waals surface area (Å²) in [5.41, 5.74) is 6.02. The summed E-state index contributed by atoms with van der Waals surface area (Å²) in [4.78, 5) is 0.0887. The molecule has 1 aromatic rings. The predicted octanol–water partition coefficient (Wildman–Crippen LogP) is 1.20. The Morgan fingerprint density at radius 1 is 1.53 bits per heavy atom. The molecule has 2 N–H and O–H groups in total. The number of benzene rings is 1. The molecule has 1 rings (SSSR count). The molecule has 0 spiro atoms. The number of hydrogen-bond acceptors (Lipinski definition) is 5. The fourth-order valence-electron chi connectivity index (χ4n) is 1.52. The summed E-state index contributed by atoms with van der Waals surface area (Å²) in [5.74, 6) is 0.308. The van der Waals surface area contributed by atoms with Crippen molar-refractivity contribution >= 4 is 15.7 Å². The molecule has 7 heteroatoms. The van der Waals surface area contributed by atoms with Gasteiger partial charge in [-0.1, -0.05) is 0 Å². The van der Waals surface area contributed by atoms with Gasteiger partial charge in [-0.05, 0) is 19.1 Å². The quantitative estimate of drug-likeness (QED) is 0.819. The second-order valence-electron chi connectivity index (χ2n) is 4.14. The van der Waals surface area contributed by atoms with E-state index in [4.69, 9.17) is 15.7 Å². The van der Waals surface area contributed by atoms with Crippen LogP contribution < -0.4 is 10.5 Å². The Labute approximate surface area is 113 Å². The van der Waals surface area contributed by atoms with Crippen LogP contribution in [0.25, 0.3) is 0 Å². The van der Waals surface area contributed by atoms with Gasteiger partial charge in [0.25, 0.3) is 0 Å². The monoisotopic (exact) mass is 283 g/mol. The molecule has 0 radical (unpaired) electrons. The maximum absolute atomic E-state index is 12.3. The highest BCUT2D eigenvalue weighted by atomic mass is 32.2. The van der Waals surface area contributed by atoms with Crippen molar-refractivity contribution in [1.82, 2.24) is 4.31 Å². The zero-order valence-electron chi connectivity index (χ0n) is 11.1. The molecule has 0 aliphatic heterocycles. The summed E-state index contributed by atoms with van der Waals surface area (Å²) in [6.45, 7) is 1.68. The Kier molecular flexibility index (Phi) is 4.75. The predicted molar refractivity (Wildman–Crippen MR) is 72.0 cm³/mol. The van der Waals surface area contributed by atoms with Crippen molar-refractivity contribution in [2.45, 2.75) is 24.3 Å². The lowest BCUT2D eigenvalue weighted by atomic mass is 10.3. The van der Waals surface area contributed by atoms with E-state index in [9.17, 15) is 8.42 Å². The molecule has 0 saturated carbocycles. The summed E-state index contributed by atoms with van der Waals surface area (Å²) < 4.78 is 30.9. The van der Waals surface area contributed by atoms with Gasteiger partial charge in [-0.15, -0.1) is 0 Å². The Hall–Kier alpha value is -1.78. The fourth-order valence-corrected chi connectivity index (χ4v) is 2.89. The van der Waals surface area contributed by atoms with Gasteiger partial charge in [0.1, 0.15) is 5.75 Å². The number of ether oxygens (including phenoxy) is 1. The van der Waals surface area contributed by atoms with Gasteiger partial charge in [-0.2, -0.15) is 9.57 Å². The van der Waals surface area contributed by atoms with Crippen LogP contribution in [0.4, 0.5) is 5.69 Å². The van der Waals surface area contributed by atoms with E-state index in [1.165, 1.54) is 36.7 Å². The molecule has 0 bridgehead atoms. The molecule has 0 amide bonds. The SMILES string of the molecule is COc1cc(S(=O)(=O)N(C)C(C)CC#N)ccc1N. The van der Waals surface area contributed by atoms with Crippen LogP contribution in [-0.2, 0) is 10.0 Å². The first-order valence-electron chi connectivity index (χ1n) is 5.63. The van der Waals surface area contributed by atoms with Crippen LogP contribution in [0.2, 0.25) is 0 Å². The van der Waals surface area contributed by atoms with Crippen molar-refractivity contribution in [1.29, 1.82) is 5.26 Å². The zero-order chi connectivity index (χ0) is 14.6. The highest BCUT2D eigenvalue weighted by Gasteiger charge is 2.25. The molecule has 1 unspecified atom stereocenters. The smallest absolute Gasteiger partial charge is 0.243 e. The van der Waals surface area contributed by atoms with Crippen LogP contribution in [0.15, 0.2) is 23.1 Å². The van der Waals surface area contributed by atoms with Crippen LogP contribution in [0.5, 0.6) is 5.75 Å². The summed E-state index contributed by atoms with van der Waals surface area (Å²) in [7, 11) is -0.798. The van der Waals surface area contributed by atoms with E-state index in [1.54, 1.807) is 6.92 Å². The minimum absolute atomic E-state index is 0.0887. The van der Waals surface area contributed by atoms with Crippen molar-refractivity contribution in [3.63, 3.8) is 0 Å². The molecule has 6 nitrogen and oxygen atoms in total. The largest absolute Gasteiger partial charge is 0.495 e. The van der Waals surface area contributed by atoms with Crippen molar-refractivity contribution in [3.05, 3.63) is 18.2 Å². The minimum atomic E-state index is -3.66. The third-order valence-electron chi connectivity index (χ3n) is 2.89. The van der Waals surface area contributed by atoms with Gasteiger partial charge in [0.15, 0.2) is 0 Å². The van der Waals surface area contributed by atoms with E-state index in [-0.39, 0.29) is 11.3 Å². The van der Waals surface area contributed by atoms with Gasteiger partial charge in [0, 0.05) is 19.2 Å². The number of sulfonamides is 1. The number of hydrogen-bond donors (Lipinski definition) is 1. The van der Waals surface area contributed by atoms with E-state index >= 15 is 0 Å². The van der Waals surface area contributed by atoms with Crippen LogP contribution in [0, 0.1) is 11.3 Å². The molecule has 104 valence electrons. The molecule has 1 atom stereocenters. The van der Waals surface area contributed by atoms with Gasteiger partial charge in [-0.25, -0.2) is 8.42 Å². The summed E-state index contributed by atoms with van der Waals surface area (Å²) in [5, 5.41) is 8.63. The van der Waals surface area contributed by atoms with E-state index in [1.807, 2.05) is 6.07 Å². The Balaban J connectivity index is 3.17. The number of nitriles is 1. The van der Waals surface area contributed by atoms with E-state index in [2.05, 4.69) is 0 Å². The number of nitrogen functional groups attached to an aromatic ring is 1. The van der Waals surface area contributed by atoms with Crippen molar-refractivity contribution in [2.75, 3.05) is 19.9 Å². The molecular formula is C12H17N3O3S. The Morgan fingerprint density at radius 2 is 2.16 bits per heavy atom. The van der Waals surface area contributed by atoms with Crippen LogP contribution in [-0.4, -0.2) is 32.9 Å². The molecule has 0 aromatic heterocycles. The molecule has 0 heterocycles. The van der Waals surface area contributed by atoms with Crippen molar-refractivity contribution < 1.29 is 13.2 Å². The second kappa shape index (κ2) is 5.91. The summed E-state index contributed by atoms with van der Waals surface area (Å²) in [6.07, 6.45) is 0.127. The average molecular weight is 283 g/mol. The lowest BCUT2D eigenvalue weighted by Crippen LogP contribution is -2.34. The second-order valence-corrected chi connectivity index (χ2v) is 6.13. The highest BCUT2D eigenvalue weighted by molar-refractivity contribution is 7.89. The maximum Gasteiger partial charge on any atom is 0.243 e. The summed E-state index contributed by atoms with van der Waals surface area (Å²) in [6, 6.07) is 5.82. The lowest BCUT2D eigenvalue weighted by Gasteiger charge is -2.22. The minimum Gasteiger partial charge on any atom is -0.495 e. The van der Waals surface area contributed by atoms with Crippen molar-refractivity contribution in [2.24, 2.45) is 0 Å². The molecule has 19 heavy (non-hydrogen) atoms. The van der Waals surface area contributed by atoms with Gasteiger partial charge in [0.05, 0.1) is 30.2 Å². The topological polar surface area (TPSA) is 96.4 Å².